The molecule has 0 saturated heterocycles. The van der Waals surface area contributed by atoms with E-state index < -0.39 is 0 Å². The number of benzene rings is 1. The van der Waals surface area contributed by atoms with Gasteiger partial charge in [0.25, 0.3) is 0 Å². The van der Waals surface area contributed by atoms with Gasteiger partial charge in [-0.2, -0.15) is 0 Å². The van der Waals surface area contributed by atoms with Crippen LogP contribution in [0.4, 0.5) is 0 Å². The van der Waals surface area contributed by atoms with E-state index in [1.807, 2.05) is 30.3 Å². The third-order valence-corrected chi connectivity index (χ3v) is 3.90. The molecule has 0 bridgehead atoms. The molecular formula is C12H8Cl3NS. The van der Waals surface area contributed by atoms with Gasteiger partial charge in [-0.3, -0.25) is 0 Å². The van der Waals surface area contributed by atoms with Crippen LogP contribution in [0.15, 0.2) is 41.3 Å². The fourth-order valence-electron chi connectivity index (χ4n) is 1.27. The lowest BCUT2D eigenvalue weighted by atomic mass is 10.3. The number of pyridine rings is 1. The van der Waals surface area contributed by atoms with E-state index in [4.69, 9.17) is 34.8 Å². The molecule has 1 heterocycles. The van der Waals surface area contributed by atoms with Gasteiger partial charge < -0.3 is 0 Å². The van der Waals surface area contributed by atoms with E-state index in [1.54, 1.807) is 17.8 Å². The molecule has 0 atom stereocenters. The van der Waals surface area contributed by atoms with E-state index in [-0.39, 0.29) is 0 Å². The molecule has 0 N–H and O–H groups in total. The number of nitrogens with zero attached hydrogens (tertiary/aromatic N) is 1. The molecule has 2 rings (SSSR count). The second-order valence-electron chi connectivity index (χ2n) is 3.33. The monoisotopic (exact) mass is 303 g/mol. The average molecular weight is 305 g/mol. The molecule has 2 aromatic rings. The van der Waals surface area contributed by atoms with Gasteiger partial charge in [0.15, 0.2) is 0 Å². The van der Waals surface area contributed by atoms with Crippen molar-refractivity contribution in [3.63, 3.8) is 0 Å². The molecule has 5 heteroatoms. The van der Waals surface area contributed by atoms with Crippen molar-refractivity contribution < 1.29 is 0 Å². The summed E-state index contributed by atoms with van der Waals surface area (Å²) in [6.07, 6.45) is 0. The maximum Gasteiger partial charge on any atom is 0.134 e. The van der Waals surface area contributed by atoms with Gasteiger partial charge >= 0.3 is 0 Å². The van der Waals surface area contributed by atoms with Gasteiger partial charge in [0.2, 0.25) is 0 Å². The molecule has 0 unspecified atom stereocenters. The Kier molecular flexibility index (Phi) is 4.57. The average Bonchev–Trinajstić information content (AvgIpc) is 2.28. The van der Waals surface area contributed by atoms with Crippen LogP contribution in [0.5, 0.6) is 0 Å². The van der Waals surface area contributed by atoms with E-state index >= 15 is 0 Å². The van der Waals surface area contributed by atoms with Crippen molar-refractivity contribution in [3.8, 4) is 0 Å². The fourth-order valence-corrected chi connectivity index (χ4v) is 2.95. The molecule has 0 fully saturated rings. The van der Waals surface area contributed by atoms with Crippen LogP contribution in [0.3, 0.4) is 0 Å². The molecule has 1 aromatic heterocycles. The smallest absolute Gasteiger partial charge is 0.134 e. The SMILES string of the molecule is Clc1cccc(SCc2ccc(Cl)nc2Cl)c1. The Morgan fingerprint density at radius 2 is 1.88 bits per heavy atom. The molecule has 0 amide bonds. The molecule has 17 heavy (non-hydrogen) atoms. The minimum atomic E-state index is 0.409. The first-order chi connectivity index (χ1) is 8.15. The van der Waals surface area contributed by atoms with E-state index in [2.05, 4.69) is 4.98 Å². The second kappa shape index (κ2) is 5.96. The van der Waals surface area contributed by atoms with Crippen LogP contribution in [0.1, 0.15) is 5.56 Å². The molecular weight excluding hydrogens is 297 g/mol. The van der Waals surface area contributed by atoms with Crippen molar-refractivity contribution in [2.75, 3.05) is 0 Å². The molecule has 1 nitrogen and oxygen atoms in total. The number of thioether (sulfide) groups is 1. The normalized spacial score (nSPS) is 10.5. The van der Waals surface area contributed by atoms with Gasteiger partial charge in [0.05, 0.1) is 0 Å². The van der Waals surface area contributed by atoms with E-state index in [0.29, 0.717) is 10.3 Å². The molecule has 0 aliphatic carbocycles. The molecule has 0 aliphatic heterocycles. The van der Waals surface area contributed by atoms with Crippen LogP contribution in [-0.2, 0) is 5.75 Å². The van der Waals surface area contributed by atoms with Crippen molar-refractivity contribution in [2.24, 2.45) is 0 Å². The first-order valence-electron chi connectivity index (χ1n) is 4.84. The summed E-state index contributed by atoms with van der Waals surface area (Å²) in [6.45, 7) is 0. The minimum absolute atomic E-state index is 0.409. The third-order valence-electron chi connectivity index (χ3n) is 2.08. The van der Waals surface area contributed by atoms with Crippen LogP contribution in [-0.4, -0.2) is 4.98 Å². The van der Waals surface area contributed by atoms with Crippen LogP contribution in [0.25, 0.3) is 0 Å². The number of halogens is 3. The summed E-state index contributed by atoms with van der Waals surface area (Å²) < 4.78 is 0. The van der Waals surface area contributed by atoms with Crippen LogP contribution >= 0.6 is 46.6 Å². The van der Waals surface area contributed by atoms with Gasteiger partial charge in [-0.1, -0.05) is 46.9 Å². The standard InChI is InChI=1S/C12H8Cl3NS/c13-9-2-1-3-10(6-9)17-7-8-4-5-11(14)16-12(8)15/h1-6H,7H2. The van der Waals surface area contributed by atoms with Gasteiger partial charge in [-0.05, 0) is 29.8 Å². The summed E-state index contributed by atoms with van der Waals surface area (Å²) in [6, 6.07) is 11.3. The van der Waals surface area contributed by atoms with Gasteiger partial charge in [-0.25, -0.2) is 4.98 Å². The van der Waals surface area contributed by atoms with Crippen LogP contribution in [0, 0.1) is 0 Å². The number of hydrogen-bond donors (Lipinski definition) is 0. The Labute approximate surface area is 119 Å². The Hall–Kier alpha value is -0.410. The highest BCUT2D eigenvalue weighted by Crippen LogP contribution is 2.28. The second-order valence-corrected chi connectivity index (χ2v) is 5.56. The molecule has 0 aliphatic rings. The first kappa shape index (κ1) is 13.0. The quantitative estimate of drug-likeness (QED) is 0.561. The first-order valence-corrected chi connectivity index (χ1v) is 6.96. The lowest BCUT2D eigenvalue weighted by molar-refractivity contribution is 1.25. The Bertz CT molecular complexity index is 531. The van der Waals surface area contributed by atoms with Crippen molar-refractivity contribution in [2.45, 2.75) is 10.6 Å². The van der Waals surface area contributed by atoms with Crippen molar-refractivity contribution in [1.29, 1.82) is 0 Å². The highest BCUT2D eigenvalue weighted by atomic mass is 35.5. The van der Waals surface area contributed by atoms with Gasteiger partial charge in [0.1, 0.15) is 10.3 Å². The molecule has 0 saturated carbocycles. The maximum atomic E-state index is 5.99. The number of aromatic nitrogens is 1. The summed E-state index contributed by atoms with van der Waals surface area (Å²) in [4.78, 5) is 5.10. The summed E-state index contributed by atoms with van der Waals surface area (Å²) in [5.41, 5.74) is 0.959. The Balaban J connectivity index is 2.07. The zero-order valence-corrected chi connectivity index (χ0v) is 11.7. The van der Waals surface area contributed by atoms with E-state index in [0.717, 1.165) is 21.2 Å². The summed E-state index contributed by atoms with van der Waals surface area (Å²) in [5.74, 6) is 0.739. The Morgan fingerprint density at radius 3 is 2.59 bits per heavy atom. The van der Waals surface area contributed by atoms with Crippen LogP contribution < -0.4 is 0 Å². The third kappa shape index (κ3) is 3.78. The zero-order valence-electron chi connectivity index (χ0n) is 8.66. The topological polar surface area (TPSA) is 12.9 Å². The van der Waals surface area contributed by atoms with Crippen molar-refractivity contribution >= 4 is 46.6 Å². The highest BCUT2D eigenvalue weighted by molar-refractivity contribution is 7.98. The predicted octanol–water partition coefficient (Wildman–Crippen LogP) is 5.33. The molecule has 0 spiro atoms. The molecule has 88 valence electrons. The highest BCUT2D eigenvalue weighted by Gasteiger charge is 2.04. The Morgan fingerprint density at radius 1 is 1.06 bits per heavy atom. The summed E-state index contributed by atoms with van der Waals surface area (Å²) >= 11 is 19.3. The van der Waals surface area contributed by atoms with Gasteiger partial charge in [-0.15, -0.1) is 11.8 Å². The van der Waals surface area contributed by atoms with E-state index in [9.17, 15) is 0 Å². The van der Waals surface area contributed by atoms with Gasteiger partial charge in [0, 0.05) is 15.7 Å². The maximum absolute atomic E-state index is 5.99. The fraction of sp³-hybridized carbons (Fsp3) is 0.0833. The largest absolute Gasteiger partial charge is 0.224 e. The summed E-state index contributed by atoms with van der Waals surface area (Å²) in [5, 5.41) is 1.59. The van der Waals surface area contributed by atoms with Crippen molar-refractivity contribution in [1.82, 2.24) is 4.98 Å². The number of rotatable bonds is 3. The van der Waals surface area contributed by atoms with E-state index in [1.165, 1.54) is 0 Å². The predicted molar refractivity (Wildman–Crippen MR) is 75.3 cm³/mol. The van der Waals surface area contributed by atoms with Crippen molar-refractivity contribution in [3.05, 3.63) is 57.3 Å². The summed E-state index contributed by atoms with van der Waals surface area (Å²) in [7, 11) is 0. The molecule has 0 radical (unpaired) electrons. The lowest BCUT2D eigenvalue weighted by Gasteiger charge is -2.04. The lowest BCUT2D eigenvalue weighted by Crippen LogP contribution is -1.86. The molecule has 1 aromatic carbocycles. The minimum Gasteiger partial charge on any atom is -0.224 e. The zero-order chi connectivity index (χ0) is 12.3. The number of hydrogen-bond acceptors (Lipinski definition) is 2. The van der Waals surface area contributed by atoms with Crippen LogP contribution in [0.2, 0.25) is 15.3 Å².